The second kappa shape index (κ2) is 4.55. The van der Waals surface area contributed by atoms with Crippen LogP contribution in [0, 0.1) is 6.92 Å². The predicted octanol–water partition coefficient (Wildman–Crippen LogP) is 2.83. The monoisotopic (exact) mass is 249 g/mol. The fourth-order valence-corrected chi connectivity index (χ4v) is 2.31. The van der Waals surface area contributed by atoms with Gasteiger partial charge < -0.3 is 9.84 Å². The Kier molecular flexibility index (Phi) is 3.10. The molecule has 2 rings (SSSR count). The number of ether oxygens (including phenoxy) is 1. The van der Waals surface area contributed by atoms with Gasteiger partial charge in [0.1, 0.15) is 10.8 Å². The summed E-state index contributed by atoms with van der Waals surface area (Å²) < 4.78 is 5.17. The summed E-state index contributed by atoms with van der Waals surface area (Å²) >= 11 is 1.32. The van der Waals surface area contributed by atoms with Gasteiger partial charge >= 0.3 is 5.97 Å². The summed E-state index contributed by atoms with van der Waals surface area (Å²) in [6, 6.07) is 5.66. The third kappa shape index (κ3) is 2.29. The minimum Gasteiger partial charge on any atom is -0.496 e. The highest BCUT2D eigenvalue weighted by Crippen LogP contribution is 2.28. The van der Waals surface area contributed by atoms with Crippen LogP contribution in [0.4, 0.5) is 0 Å². The highest BCUT2D eigenvalue weighted by atomic mass is 32.1. The molecule has 1 heterocycles. The number of hydrogen-bond donors (Lipinski definition) is 1. The fourth-order valence-electron chi connectivity index (χ4n) is 1.52. The molecule has 4 nitrogen and oxygen atoms in total. The Hall–Kier alpha value is -1.88. The number of hydrogen-bond acceptors (Lipinski definition) is 4. The van der Waals surface area contributed by atoms with Gasteiger partial charge in [0, 0.05) is 10.9 Å². The molecule has 0 amide bonds. The van der Waals surface area contributed by atoms with Crippen LogP contribution in [0.3, 0.4) is 0 Å². The molecule has 0 unspecified atom stereocenters. The Morgan fingerprint density at radius 3 is 2.76 bits per heavy atom. The van der Waals surface area contributed by atoms with E-state index in [1.165, 1.54) is 16.7 Å². The molecule has 0 atom stereocenters. The largest absolute Gasteiger partial charge is 0.496 e. The molecule has 0 aliphatic heterocycles. The number of rotatable bonds is 3. The van der Waals surface area contributed by atoms with E-state index in [1.54, 1.807) is 7.11 Å². The number of methoxy groups -OCH3 is 1. The van der Waals surface area contributed by atoms with Gasteiger partial charge in [0.2, 0.25) is 0 Å². The van der Waals surface area contributed by atoms with Gasteiger partial charge in [-0.2, -0.15) is 0 Å². The molecule has 0 spiro atoms. The summed E-state index contributed by atoms with van der Waals surface area (Å²) in [5.41, 5.74) is 1.98. The zero-order valence-corrected chi connectivity index (χ0v) is 10.2. The number of benzene rings is 1. The maximum Gasteiger partial charge on any atom is 0.355 e. The van der Waals surface area contributed by atoms with Crippen molar-refractivity contribution in [3.63, 3.8) is 0 Å². The normalized spacial score (nSPS) is 10.2. The third-order valence-electron chi connectivity index (χ3n) is 2.37. The molecule has 0 saturated heterocycles. The van der Waals surface area contributed by atoms with Crippen LogP contribution in [-0.2, 0) is 0 Å². The van der Waals surface area contributed by atoms with E-state index in [4.69, 9.17) is 9.84 Å². The number of carboxylic acid groups (broad SMARTS) is 1. The van der Waals surface area contributed by atoms with Gasteiger partial charge in [0.25, 0.3) is 0 Å². The molecule has 0 fully saturated rings. The van der Waals surface area contributed by atoms with Crippen molar-refractivity contribution in [3.8, 4) is 16.3 Å². The van der Waals surface area contributed by atoms with Gasteiger partial charge in [-0.1, -0.05) is 0 Å². The number of thiazole rings is 1. The lowest BCUT2D eigenvalue weighted by Gasteiger charge is -2.05. The summed E-state index contributed by atoms with van der Waals surface area (Å²) in [5.74, 6) is -0.193. The van der Waals surface area contributed by atoms with Crippen LogP contribution < -0.4 is 4.74 Å². The molecule has 0 aliphatic rings. The van der Waals surface area contributed by atoms with E-state index in [9.17, 15) is 4.79 Å². The number of nitrogens with zero attached hydrogens (tertiary/aromatic N) is 1. The van der Waals surface area contributed by atoms with Crippen molar-refractivity contribution in [2.24, 2.45) is 0 Å². The Labute approximate surface area is 103 Å². The van der Waals surface area contributed by atoms with Crippen LogP contribution in [0.25, 0.3) is 10.6 Å². The van der Waals surface area contributed by atoms with E-state index in [0.29, 0.717) is 5.01 Å². The number of carboxylic acids is 1. The van der Waals surface area contributed by atoms with Gasteiger partial charge in [0.15, 0.2) is 5.69 Å². The summed E-state index contributed by atoms with van der Waals surface area (Å²) in [5, 5.41) is 11.0. The SMILES string of the molecule is COc1ccc(-c2nc(C(=O)O)cs2)cc1C. The van der Waals surface area contributed by atoms with E-state index in [-0.39, 0.29) is 5.69 Å². The first kappa shape index (κ1) is 11.6. The minimum absolute atomic E-state index is 0.0819. The average Bonchev–Trinajstić information content (AvgIpc) is 2.78. The van der Waals surface area contributed by atoms with Gasteiger partial charge in [-0.25, -0.2) is 9.78 Å². The van der Waals surface area contributed by atoms with E-state index >= 15 is 0 Å². The summed E-state index contributed by atoms with van der Waals surface area (Å²) in [6.45, 7) is 1.94. The molecule has 1 aromatic carbocycles. The molecule has 1 N–H and O–H groups in total. The van der Waals surface area contributed by atoms with Crippen molar-refractivity contribution < 1.29 is 14.6 Å². The van der Waals surface area contributed by atoms with Crippen molar-refractivity contribution in [1.82, 2.24) is 4.98 Å². The van der Waals surface area contributed by atoms with E-state index in [0.717, 1.165) is 16.9 Å². The molecule has 88 valence electrons. The van der Waals surface area contributed by atoms with Gasteiger partial charge in [-0.3, -0.25) is 0 Å². The number of aromatic nitrogens is 1. The molecular formula is C12H11NO3S. The predicted molar refractivity (Wildman–Crippen MR) is 65.8 cm³/mol. The Morgan fingerprint density at radius 2 is 2.24 bits per heavy atom. The lowest BCUT2D eigenvalue weighted by molar-refractivity contribution is 0.0691. The van der Waals surface area contributed by atoms with Crippen LogP contribution in [0.2, 0.25) is 0 Å². The Bertz CT molecular complexity index is 563. The smallest absolute Gasteiger partial charge is 0.355 e. The van der Waals surface area contributed by atoms with E-state index in [1.807, 2.05) is 25.1 Å². The summed E-state index contributed by atoms with van der Waals surface area (Å²) in [4.78, 5) is 14.8. The zero-order valence-electron chi connectivity index (χ0n) is 9.43. The number of carbonyl (C=O) groups is 1. The van der Waals surface area contributed by atoms with Gasteiger partial charge in [0.05, 0.1) is 7.11 Å². The first-order valence-corrected chi connectivity index (χ1v) is 5.83. The van der Waals surface area contributed by atoms with Crippen LogP contribution in [-0.4, -0.2) is 23.2 Å². The van der Waals surface area contributed by atoms with Crippen molar-refractivity contribution in [2.75, 3.05) is 7.11 Å². The molecule has 0 bridgehead atoms. The highest BCUT2D eigenvalue weighted by molar-refractivity contribution is 7.13. The minimum atomic E-state index is -1.00. The molecule has 0 radical (unpaired) electrons. The fraction of sp³-hybridized carbons (Fsp3) is 0.167. The maximum absolute atomic E-state index is 10.7. The van der Waals surface area contributed by atoms with Crippen molar-refractivity contribution in [3.05, 3.63) is 34.8 Å². The van der Waals surface area contributed by atoms with E-state index in [2.05, 4.69) is 4.98 Å². The van der Waals surface area contributed by atoms with Crippen molar-refractivity contribution in [1.29, 1.82) is 0 Å². The Morgan fingerprint density at radius 1 is 1.47 bits per heavy atom. The van der Waals surface area contributed by atoms with Crippen LogP contribution in [0.1, 0.15) is 16.1 Å². The standard InChI is InChI=1S/C12H11NO3S/c1-7-5-8(3-4-10(7)16-2)11-13-9(6-17-11)12(14)15/h3-6H,1-2H3,(H,14,15). The topological polar surface area (TPSA) is 59.4 Å². The van der Waals surface area contributed by atoms with Gasteiger partial charge in [-0.05, 0) is 30.7 Å². The Balaban J connectivity index is 2.39. The second-order valence-electron chi connectivity index (χ2n) is 3.53. The number of aromatic carboxylic acids is 1. The lowest BCUT2D eigenvalue weighted by Crippen LogP contribution is -1.95. The summed E-state index contributed by atoms with van der Waals surface area (Å²) in [6.07, 6.45) is 0. The molecule has 2 aromatic rings. The van der Waals surface area contributed by atoms with Crippen LogP contribution in [0.5, 0.6) is 5.75 Å². The maximum atomic E-state index is 10.7. The highest BCUT2D eigenvalue weighted by Gasteiger charge is 2.10. The van der Waals surface area contributed by atoms with Gasteiger partial charge in [-0.15, -0.1) is 11.3 Å². The van der Waals surface area contributed by atoms with E-state index < -0.39 is 5.97 Å². The lowest BCUT2D eigenvalue weighted by atomic mass is 10.1. The molecule has 1 aromatic heterocycles. The molecular weight excluding hydrogens is 238 g/mol. The molecule has 17 heavy (non-hydrogen) atoms. The van der Waals surface area contributed by atoms with Crippen molar-refractivity contribution in [2.45, 2.75) is 6.92 Å². The van der Waals surface area contributed by atoms with Crippen LogP contribution >= 0.6 is 11.3 Å². The average molecular weight is 249 g/mol. The quantitative estimate of drug-likeness (QED) is 0.908. The zero-order chi connectivity index (χ0) is 12.4. The third-order valence-corrected chi connectivity index (χ3v) is 3.26. The van der Waals surface area contributed by atoms with Crippen molar-refractivity contribution >= 4 is 17.3 Å². The second-order valence-corrected chi connectivity index (χ2v) is 4.39. The molecule has 0 saturated carbocycles. The first-order valence-electron chi connectivity index (χ1n) is 4.95. The summed E-state index contributed by atoms with van der Waals surface area (Å²) in [7, 11) is 1.62. The molecule has 5 heteroatoms. The number of aryl methyl sites for hydroxylation is 1. The molecule has 0 aliphatic carbocycles. The van der Waals surface area contributed by atoms with Crippen LogP contribution in [0.15, 0.2) is 23.6 Å². The first-order chi connectivity index (χ1) is 8.11.